The Morgan fingerprint density at radius 2 is 2.04 bits per heavy atom. The van der Waals surface area contributed by atoms with E-state index in [0.717, 1.165) is 38.1 Å². The van der Waals surface area contributed by atoms with Crippen molar-refractivity contribution in [1.29, 1.82) is 0 Å². The first-order valence-corrected chi connectivity index (χ1v) is 9.22. The zero-order valence-corrected chi connectivity index (χ0v) is 16.7. The normalized spacial score (nSPS) is 15.6. The first kappa shape index (κ1) is 21.2. The summed E-state index contributed by atoms with van der Waals surface area (Å²) in [5.74, 6) is 1.05. The first-order valence-electron chi connectivity index (χ1n) is 9.22. The molecule has 1 aromatic heterocycles. The van der Waals surface area contributed by atoms with Gasteiger partial charge in [-0.3, -0.25) is 4.79 Å². The van der Waals surface area contributed by atoms with Crippen LogP contribution in [0.15, 0.2) is 30.5 Å². The molecule has 1 saturated heterocycles. The molecule has 27 heavy (non-hydrogen) atoms. The number of amides is 1. The number of rotatable bonds is 7. The summed E-state index contributed by atoms with van der Waals surface area (Å²) < 4.78 is 7.01. The third kappa shape index (κ3) is 5.68. The lowest BCUT2D eigenvalue weighted by molar-refractivity contribution is 0.0947. The maximum absolute atomic E-state index is 12.3. The van der Waals surface area contributed by atoms with Crippen LogP contribution in [0.2, 0.25) is 0 Å². The number of nitrogens with one attached hydrogen (secondary N) is 2. The highest BCUT2D eigenvalue weighted by Crippen LogP contribution is 2.21. The molecule has 1 fully saturated rings. The number of aromatic nitrogens is 3. The highest BCUT2D eigenvalue weighted by Gasteiger charge is 2.18. The van der Waals surface area contributed by atoms with Gasteiger partial charge in [-0.2, -0.15) is 0 Å². The van der Waals surface area contributed by atoms with E-state index in [9.17, 15) is 4.79 Å². The molecule has 1 aliphatic heterocycles. The number of halogens is 1. The van der Waals surface area contributed by atoms with Gasteiger partial charge < -0.3 is 15.4 Å². The summed E-state index contributed by atoms with van der Waals surface area (Å²) in [5, 5.41) is 14.4. The first-order chi connectivity index (χ1) is 12.7. The Balaban J connectivity index is 0.00000261. The lowest BCUT2D eigenvalue weighted by atomic mass is 9.98. The molecule has 8 heteroatoms. The van der Waals surface area contributed by atoms with Crippen molar-refractivity contribution < 1.29 is 9.53 Å². The molecule has 2 N–H and O–H groups in total. The number of hydrogen-bond donors (Lipinski definition) is 2. The summed E-state index contributed by atoms with van der Waals surface area (Å²) in [6.45, 7) is 4.72. The van der Waals surface area contributed by atoms with Gasteiger partial charge in [-0.1, -0.05) is 24.3 Å². The van der Waals surface area contributed by atoms with Gasteiger partial charge in [0.25, 0.3) is 5.91 Å². The molecule has 1 unspecified atom stereocenters. The molecule has 0 aliphatic carbocycles. The molecule has 0 spiro atoms. The minimum atomic E-state index is -0.160. The largest absolute Gasteiger partial charge is 0.497 e. The zero-order chi connectivity index (χ0) is 18.4. The van der Waals surface area contributed by atoms with Crippen LogP contribution in [0.3, 0.4) is 0 Å². The van der Waals surface area contributed by atoms with Crippen LogP contribution in [0.1, 0.15) is 54.2 Å². The maximum atomic E-state index is 12.3. The third-order valence-electron chi connectivity index (χ3n) is 4.97. The topological polar surface area (TPSA) is 81.1 Å². The lowest BCUT2D eigenvalue weighted by Crippen LogP contribution is -2.29. The molecule has 1 aliphatic rings. The van der Waals surface area contributed by atoms with Crippen LogP contribution < -0.4 is 15.4 Å². The number of methoxy groups -OCH3 is 1. The standard InChI is InChI=1S/C19H27N5O2.ClH/c1-14(15-3-5-17(26-2)6-4-15)7-12-21-19(25)18-13-24(23-22-18)16-8-10-20-11-9-16;/h3-6,13-14,16,20H,7-12H2,1-2H3,(H,21,25);1H. The van der Waals surface area contributed by atoms with E-state index in [1.807, 2.05) is 16.8 Å². The van der Waals surface area contributed by atoms with E-state index < -0.39 is 0 Å². The number of hydrogen-bond acceptors (Lipinski definition) is 5. The van der Waals surface area contributed by atoms with Crippen molar-refractivity contribution in [1.82, 2.24) is 25.6 Å². The van der Waals surface area contributed by atoms with Gasteiger partial charge in [0, 0.05) is 6.54 Å². The Labute approximate surface area is 166 Å². The van der Waals surface area contributed by atoms with Gasteiger partial charge in [0.1, 0.15) is 5.75 Å². The second-order valence-electron chi connectivity index (χ2n) is 6.78. The van der Waals surface area contributed by atoms with E-state index >= 15 is 0 Å². The zero-order valence-electron chi connectivity index (χ0n) is 15.9. The fourth-order valence-electron chi connectivity index (χ4n) is 3.22. The molecule has 0 saturated carbocycles. The number of nitrogens with zero attached hydrogens (tertiary/aromatic N) is 3. The molecule has 3 rings (SSSR count). The van der Waals surface area contributed by atoms with Gasteiger partial charge in [-0.05, 0) is 56.0 Å². The van der Waals surface area contributed by atoms with E-state index in [-0.39, 0.29) is 18.3 Å². The van der Waals surface area contributed by atoms with Crippen molar-refractivity contribution in [2.75, 3.05) is 26.7 Å². The van der Waals surface area contributed by atoms with E-state index in [0.29, 0.717) is 24.2 Å². The molecule has 0 radical (unpaired) electrons. The second kappa shape index (κ2) is 10.3. The molecule has 0 bridgehead atoms. The number of carbonyl (C=O) groups is 1. The van der Waals surface area contributed by atoms with Crippen LogP contribution in [0.25, 0.3) is 0 Å². The Kier molecular flexibility index (Phi) is 8.06. The summed E-state index contributed by atoms with van der Waals surface area (Å²) in [5.41, 5.74) is 1.62. The van der Waals surface area contributed by atoms with Crippen molar-refractivity contribution in [2.45, 2.75) is 38.1 Å². The fourth-order valence-corrected chi connectivity index (χ4v) is 3.22. The van der Waals surface area contributed by atoms with Crippen molar-refractivity contribution in [3.05, 3.63) is 41.7 Å². The van der Waals surface area contributed by atoms with Crippen LogP contribution in [0.4, 0.5) is 0 Å². The quantitative estimate of drug-likeness (QED) is 0.755. The van der Waals surface area contributed by atoms with Crippen LogP contribution in [0.5, 0.6) is 5.75 Å². The molecule has 1 atom stereocenters. The number of carbonyl (C=O) groups excluding carboxylic acids is 1. The fraction of sp³-hybridized carbons (Fsp3) is 0.526. The van der Waals surface area contributed by atoms with Crippen LogP contribution in [0, 0.1) is 0 Å². The van der Waals surface area contributed by atoms with Crippen LogP contribution in [-0.4, -0.2) is 47.6 Å². The summed E-state index contributed by atoms with van der Waals surface area (Å²) in [6, 6.07) is 8.39. The van der Waals surface area contributed by atoms with Crippen molar-refractivity contribution in [2.24, 2.45) is 0 Å². The van der Waals surface area contributed by atoms with Crippen LogP contribution >= 0.6 is 12.4 Å². The van der Waals surface area contributed by atoms with Gasteiger partial charge in [0.05, 0.1) is 19.3 Å². The van der Waals surface area contributed by atoms with Crippen LogP contribution in [-0.2, 0) is 0 Å². The number of ether oxygens (including phenoxy) is 1. The van der Waals surface area contributed by atoms with E-state index in [1.165, 1.54) is 5.56 Å². The predicted octanol–water partition coefficient (Wildman–Crippen LogP) is 2.56. The Bertz CT molecular complexity index is 713. The summed E-state index contributed by atoms with van der Waals surface area (Å²) in [6.07, 6.45) is 4.66. The smallest absolute Gasteiger partial charge is 0.273 e. The monoisotopic (exact) mass is 393 g/mol. The SMILES string of the molecule is COc1ccc(C(C)CCNC(=O)c2cn(C3CCNCC3)nn2)cc1.Cl. The predicted molar refractivity (Wildman–Crippen MR) is 107 cm³/mol. The van der Waals surface area contributed by atoms with Gasteiger partial charge in [0.15, 0.2) is 5.69 Å². The minimum absolute atomic E-state index is 0. The Hall–Kier alpha value is -2.12. The molecule has 148 valence electrons. The minimum Gasteiger partial charge on any atom is -0.497 e. The molecule has 1 aromatic carbocycles. The second-order valence-corrected chi connectivity index (χ2v) is 6.78. The highest BCUT2D eigenvalue weighted by molar-refractivity contribution is 5.91. The highest BCUT2D eigenvalue weighted by atomic mass is 35.5. The number of piperidine rings is 1. The Morgan fingerprint density at radius 1 is 1.33 bits per heavy atom. The van der Waals surface area contributed by atoms with E-state index in [1.54, 1.807) is 13.3 Å². The molecular weight excluding hydrogens is 366 g/mol. The molecular formula is C19H28ClN5O2. The average Bonchev–Trinajstić information content (AvgIpc) is 3.19. The van der Waals surface area contributed by atoms with Gasteiger partial charge in [0.2, 0.25) is 0 Å². The molecule has 1 amide bonds. The van der Waals surface area contributed by atoms with Crippen molar-refractivity contribution >= 4 is 18.3 Å². The molecule has 2 heterocycles. The summed E-state index contributed by atoms with van der Waals surface area (Å²) >= 11 is 0. The molecule has 2 aromatic rings. The molecule has 7 nitrogen and oxygen atoms in total. The summed E-state index contributed by atoms with van der Waals surface area (Å²) in [7, 11) is 1.66. The Morgan fingerprint density at radius 3 is 2.70 bits per heavy atom. The van der Waals surface area contributed by atoms with Gasteiger partial charge in [-0.25, -0.2) is 4.68 Å². The summed E-state index contributed by atoms with van der Waals surface area (Å²) in [4.78, 5) is 12.3. The average molecular weight is 394 g/mol. The lowest BCUT2D eigenvalue weighted by Gasteiger charge is -2.22. The van der Waals surface area contributed by atoms with E-state index in [4.69, 9.17) is 4.74 Å². The van der Waals surface area contributed by atoms with Gasteiger partial charge >= 0.3 is 0 Å². The van der Waals surface area contributed by atoms with Crippen molar-refractivity contribution in [3.63, 3.8) is 0 Å². The number of benzene rings is 1. The third-order valence-corrected chi connectivity index (χ3v) is 4.97. The van der Waals surface area contributed by atoms with Crippen molar-refractivity contribution in [3.8, 4) is 5.75 Å². The maximum Gasteiger partial charge on any atom is 0.273 e. The van der Waals surface area contributed by atoms with Gasteiger partial charge in [-0.15, -0.1) is 17.5 Å². The van der Waals surface area contributed by atoms with E-state index in [2.05, 4.69) is 40.0 Å².